The zero-order valence-corrected chi connectivity index (χ0v) is 26.0. The van der Waals surface area contributed by atoms with Gasteiger partial charge in [-0.2, -0.15) is 0 Å². The molecular weight excluding hydrogens is 575 g/mol. The van der Waals surface area contributed by atoms with Crippen molar-refractivity contribution in [2.75, 3.05) is 26.4 Å². The highest BCUT2D eigenvalue weighted by molar-refractivity contribution is 7.72. The summed E-state index contributed by atoms with van der Waals surface area (Å²) in [6, 6.07) is 13.4. The Labute approximate surface area is 239 Å². The first-order valence-corrected chi connectivity index (χ1v) is 17.3. The van der Waals surface area contributed by atoms with E-state index in [-0.39, 0.29) is 44.0 Å². The van der Waals surface area contributed by atoms with Crippen LogP contribution in [0, 0.1) is 12.7 Å². The SMILES string of the molecule is CCOP(=O)(OCC)C(c1ccc(F)c(C(=O)CCc2nc(-c3ccccc3)sc2C)c1)P(=O)(OCC)OCC. The van der Waals surface area contributed by atoms with E-state index >= 15 is 4.39 Å². The van der Waals surface area contributed by atoms with Gasteiger partial charge in [0.25, 0.3) is 0 Å². The van der Waals surface area contributed by atoms with E-state index in [1.54, 1.807) is 27.7 Å². The highest BCUT2D eigenvalue weighted by atomic mass is 32.1. The van der Waals surface area contributed by atoms with Crippen LogP contribution in [0.1, 0.15) is 66.0 Å². The molecule has 218 valence electrons. The van der Waals surface area contributed by atoms with Gasteiger partial charge in [0.1, 0.15) is 10.8 Å². The van der Waals surface area contributed by atoms with Gasteiger partial charge in [0, 0.05) is 16.9 Å². The predicted octanol–water partition coefficient (Wildman–Crippen LogP) is 8.60. The Kier molecular flexibility index (Phi) is 12.0. The number of halogens is 1. The lowest BCUT2D eigenvalue weighted by molar-refractivity contribution is 0.0978. The molecule has 12 heteroatoms. The van der Waals surface area contributed by atoms with Gasteiger partial charge in [-0.25, -0.2) is 9.37 Å². The van der Waals surface area contributed by atoms with Crippen LogP contribution in [-0.2, 0) is 33.6 Å². The summed E-state index contributed by atoms with van der Waals surface area (Å²) in [6.07, 6.45) is 0.306. The monoisotopic (exact) mass is 611 g/mol. The van der Waals surface area contributed by atoms with E-state index in [0.29, 0.717) is 6.42 Å². The molecule has 0 aliphatic carbocycles. The standard InChI is InChI=1S/C28H36FNO7P2S/c1-6-34-38(32,35-7-2)28(39(33,36-8-3)37-9-4)22-15-16-24(29)23(19-22)26(31)18-17-25-20(5)40-27(30-25)21-13-11-10-12-14-21/h10-16,19,28H,6-9,17-18H2,1-5H3. The van der Waals surface area contributed by atoms with Crippen LogP contribution < -0.4 is 0 Å². The minimum Gasteiger partial charge on any atom is -0.308 e. The number of Topliss-reactive ketones (excluding diaryl/α,β-unsaturated/α-hetero) is 1. The van der Waals surface area contributed by atoms with Crippen molar-refractivity contribution in [3.05, 3.63) is 76.0 Å². The quantitative estimate of drug-likeness (QED) is 0.117. The second-order valence-corrected chi connectivity index (χ2v) is 14.5. The Morgan fingerprint density at radius 1 is 0.900 bits per heavy atom. The number of aryl methyl sites for hydroxylation is 2. The molecule has 0 radical (unpaired) electrons. The van der Waals surface area contributed by atoms with Crippen LogP contribution in [0.4, 0.5) is 4.39 Å². The minimum absolute atomic E-state index is 0.00300. The van der Waals surface area contributed by atoms with Crippen molar-refractivity contribution in [1.82, 2.24) is 4.98 Å². The number of ketones is 1. The molecule has 2 aromatic carbocycles. The average molecular weight is 612 g/mol. The van der Waals surface area contributed by atoms with Crippen molar-refractivity contribution in [2.45, 2.75) is 52.9 Å². The van der Waals surface area contributed by atoms with Gasteiger partial charge in [-0.15, -0.1) is 11.3 Å². The summed E-state index contributed by atoms with van der Waals surface area (Å²) >= 11 is 1.53. The fourth-order valence-corrected chi connectivity index (χ4v) is 10.6. The van der Waals surface area contributed by atoms with E-state index in [0.717, 1.165) is 27.2 Å². The van der Waals surface area contributed by atoms with E-state index in [9.17, 15) is 13.9 Å². The van der Waals surface area contributed by atoms with Gasteiger partial charge in [-0.3, -0.25) is 13.9 Å². The number of nitrogens with zero attached hydrogens (tertiary/aromatic N) is 1. The van der Waals surface area contributed by atoms with E-state index in [1.807, 2.05) is 37.3 Å². The highest BCUT2D eigenvalue weighted by Crippen LogP contribution is 2.78. The fraction of sp³-hybridized carbons (Fsp3) is 0.429. The molecule has 1 aromatic heterocycles. The Hall–Kier alpha value is -2.03. The van der Waals surface area contributed by atoms with Crippen LogP contribution in [0.5, 0.6) is 0 Å². The Bertz CT molecular complexity index is 1330. The summed E-state index contributed by atoms with van der Waals surface area (Å²) in [5.74, 6) is -1.23. The third kappa shape index (κ3) is 7.62. The van der Waals surface area contributed by atoms with Crippen LogP contribution >= 0.6 is 26.5 Å². The molecule has 0 aliphatic rings. The number of carbonyl (C=O) groups excluding carboxylic acids is 1. The predicted molar refractivity (Wildman–Crippen MR) is 156 cm³/mol. The van der Waals surface area contributed by atoms with Gasteiger partial charge in [0.05, 0.1) is 37.7 Å². The van der Waals surface area contributed by atoms with Gasteiger partial charge in [0.15, 0.2) is 11.2 Å². The average Bonchev–Trinajstić information content (AvgIpc) is 3.29. The first-order valence-electron chi connectivity index (χ1n) is 13.2. The largest absolute Gasteiger partial charge is 0.350 e. The molecule has 0 spiro atoms. The molecule has 0 atom stereocenters. The summed E-state index contributed by atoms with van der Waals surface area (Å²) in [5.41, 5.74) is 1.63. The maximum atomic E-state index is 15.0. The lowest BCUT2D eigenvalue weighted by atomic mass is 10.0. The molecule has 0 bridgehead atoms. The lowest BCUT2D eigenvalue weighted by Crippen LogP contribution is -2.13. The summed E-state index contributed by atoms with van der Waals surface area (Å²) in [7, 11) is -8.30. The number of hydrogen-bond donors (Lipinski definition) is 0. The molecule has 3 aromatic rings. The van der Waals surface area contributed by atoms with E-state index in [4.69, 9.17) is 23.1 Å². The zero-order valence-electron chi connectivity index (χ0n) is 23.4. The van der Waals surface area contributed by atoms with Gasteiger partial charge in [0.2, 0.25) is 0 Å². The van der Waals surface area contributed by atoms with Crippen LogP contribution in [0.15, 0.2) is 48.5 Å². The second kappa shape index (κ2) is 14.7. The normalized spacial score (nSPS) is 12.3. The molecular formula is C28H36FNO7P2S. The Morgan fingerprint density at radius 2 is 1.45 bits per heavy atom. The molecule has 8 nitrogen and oxygen atoms in total. The van der Waals surface area contributed by atoms with Crippen LogP contribution in [0.2, 0.25) is 0 Å². The number of thiazole rings is 1. The zero-order chi connectivity index (χ0) is 29.3. The van der Waals surface area contributed by atoms with Gasteiger partial charge < -0.3 is 18.1 Å². The highest BCUT2D eigenvalue weighted by Gasteiger charge is 2.52. The van der Waals surface area contributed by atoms with Crippen molar-refractivity contribution in [3.8, 4) is 10.6 Å². The van der Waals surface area contributed by atoms with Crippen LogP contribution in [0.3, 0.4) is 0 Å². The first kappa shape index (κ1) is 32.5. The molecule has 0 saturated heterocycles. The smallest absolute Gasteiger partial charge is 0.308 e. The minimum atomic E-state index is -4.15. The third-order valence-electron chi connectivity index (χ3n) is 5.93. The number of aromatic nitrogens is 1. The molecule has 1 heterocycles. The summed E-state index contributed by atoms with van der Waals surface area (Å²) < 4.78 is 65.1. The second-order valence-electron chi connectivity index (χ2n) is 8.67. The van der Waals surface area contributed by atoms with Crippen molar-refractivity contribution in [2.24, 2.45) is 0 Å². The van der Waals surface area contributed by atoms with Gasteiger partial charge in [-0.1, -0.05) is 36.4 Å². The van der Waals surface area contributed by atoms with E-state index in [1.165, 1.54) is 23.5 Å². The van der Waals surface area contributed by atoms with Crippen LogP contribution in [0.25, 0.3) is 10.6 Å². The molecule has 0 amide bonds. The third-order valence-corrected chi connectivity index (χ3v) is 13.0. The molecule has 0 fully saturated rings. The molecule has 0 unspecified atom stereocenters. The van der Waals surface area contributed by atoms with Crippen molar-refractivity contribution < 1.29 is 36.4 Å². The lowest BCUT2D eigenvalue weighted by Gasteiger charge is -2.31. The Morgan fingerprint density at radius 3 is 1.98 bits per heavy atom. The summed E-state index contributed by atoms with van der Waals surface area (Å²) in [6.45, 7) is 8.42. The van der Waals surface area contributed by atoms with Gasteiger partial charge >= 0.3 is 15.2 Å². The number of hydrogen-bond acceptors (Lipinski definition) is 9. The molecule has 3 rings (SSSR count). The number of carbonyl (C=O) groups is 1. The molecule has 40 heavy (non-hydrogen) atoms. The van der Waals surface area contributed by atoms with Gasteiger partial charge in [-0.05, 0) is 58.7 Å². The summed E-state index contributed by atoms with van der Waals surface area (Å²) in [5, 5.41) is -0.664. The van der Waals surface area contributed by atoms with E-state index in [2.05, 4.69) is 0 Å². The summed E-state index contributed by atoms with van der Waals surface area (Å²) in [4.78, 5) is 18.9. The van der Waals surface area contributed by atoms with Crippen molar-refractivity contribution in [1.29, 1.82) is 0 Å². The van der Waals surface area contributed by atoms with Crippen molar-refractivity contribution >= 4 is 32.3 Å². The Balaban J connectivity index is 1.96. The first-order chi connectivity index (χ1) is 19.1. The maximum Gasteiger partial charge on any atom is 0.350 e. The van der Waals surface area contributed by atoms with E-state index < -0.39 is 32.2 Å². The topological polar surface area (TPSA) is 101 Å². The molecule has 0 saturated carbocycles. The molecule has 0 aliphatic heterocycles. The number of rotatable bonds is 16. The van der Waals surface area contributed by atoms with Crippen LogP contribution in [-0.4, -0.2) is 37.2 Å². The maximum absolute atomic E-state index is 15.0. The molecule has 0 N–H and O–H groups in total. The fourth-order valence-electron chi connectivity index (χ4n) is 4.26. The number of benzene rings is 2. The van der Waals surface area contributed by atoms with Crippen molar-refractivity contribution in [3.63, 3.8) is 0 Å².